The second kappa shape index (κ2) is 8.38. The van der Waals surface area contributed by atoms with Crippen molar-refractivity contribution in [2.45, 2.75) is 57.8 Å². The molecule has 4 heteroatoms. The Bertz CT molecular complexity index is 1760. The lowest BCUT2D eigenvalue weighted by atomic mass is 9.60. The summed E-state index contributed by atoms with van der Waals surface area (Å²) in [6, 6.07) is 28.4. The number of anilines is 3. The van der Waals surface area contributed by atoms with E-state index in [1.807, 2.05) is 34.0 Å². The molecule has 0 saturated carbocycles. The maximum Gasteiger partial charge on any atom is 0.0544 e. The Kier molecular flexibility index (Phi) is 5.07. The van der Waals surface area contributed by atoms with Crippen LogP contribution in [0.4, 0.5) is 17.1 Å². The van der Waals surface area contributed by atoms with Crippen LogP contribution in [0.1, 0.15) is 74.9 Å². The first-order chi connectivity index (χ1) is 20.6. The molecule has 43 heavy (non-hydrogen) atoms. The molecule has 0 saturated heterocycles. The van der Waals surface area contributed by atoms with E-state index in [0.29, 0.717) is 0 Å². The molecule has 0 aliphatic carbocycles. The lowest BCUT2D eigenvalue weighted by Gasteiger charge is -2.55. The average molecular weight is 612 g/mol. The zero-order valence-corrected chi connectivity index (χ0v) is 27.8. The lowest BCUT2D eigenvalue weighted by molar-refractivity contribution is 0.567. The maximum atomic E-state index is 2.69. The highest BCUT2D eigenvalue weighted by Crippen LogP contribution is 2.67. The van der Waals surface area contributed by atoms with E-state index in [1.165, 1.54) is 81.8 Å². The van der Waals surface area contributed by atoms with Gasteiger partial charge in [0.25, 0.3) is 0 Å². The van der Waals surface area contributed by atoms with E-state index in [9.17, 15) is 0 Å². The first-order valence-electron chi connectivity index (χ1n) is 15.1. The summed E-state index contributed by atoms with van der Waals surface area (Å²) in [4.78, 5) is 6.70. The first-order valence-corrected chi connectivity index (χ1v) is 17.7. The monoisotopic (exact) mass is 611 g/mol. The van der Waals surface area contributed by atoms with Crippen LogP contribution in [0.5, 0.6) is 0 Å². The van der Waals surface area contributed by atoms with Crippen LogP contribution in [-0.2, 0) is 16.2 Å². The molecule has 0 N–H and O–H groups in total. The second-order valence-electron chi connectivity index (χ2n) is 13.9. The predicted octanol–water partition coefficient (Wildman–Crippen LogP) is 12.3. The molecule has 0 unspecified atom stereocenters. The quantitative estimate of drug-likeness (QED) is 0.192. The molecule has 0 fully saturated rings. The predicted molar refractivity (Wildman–Crippen MR) is 187 cm³/mol. The van der Waals surface area contributed by atoms with Crippen molar-refractivity contribution < 1.29 is 0 Å². The van der Waals surface area contributed by atoms with Crippen LogP contribution in [-0.4, -0.2) is 0 Å². The normalized spacial score (nSPS) is 17.6. The summed E-state index contributed by atoms with van der Waals surface area (Å²) >= 11 is 5.51. The van der Waals surface area contributed by atoms with Gasteiger partial charge in [0.1, 0.15) is 0 Å². The number of nitrogens with zero attached hydrogens (tertiary/aromatic N) is 1. The van der Waals surface area contributed by atoms with Crippen molar-refractivity contribution in [3.05, 3.63) is 122 Å². The van der Waals surface area contributed by atoms with Gasteiger partial charge in [-0.15, -0.1) is 34.0 Å². The van der Waals surface area contributed by atoms with Gasteiger partial charge in [0, 0.05) is 30.9 Å². The number of hydrogen-bond acceptors (Lipinski definition) is 4. The van der Waals surface area contributed by atoms with E-state index in [4.69, 9.17) is 0 Å². The SMILES string of the molecule is CC1(C)c2cc(-c3cccs3)cc3c2N2c4c1cc(-c1cccs1)cc4C(C)(C)c1cc(-c4cccs4)cc(c12)C3(C)C. The van der Waals surface area contributed by atoms with Gasteiger partial charge < -0.3 is 4.90 Å². The van der Waals surface area contributed by atoms with Gasteiger partial charge in [0.2, 0.25) is 0 Å². The Balaban J connectivity index is 1.46. The fraction of sp³-hybridized carbons (Fsp3) is 0.231. The van der Waals surface area contributed by atoms with Crippen LogP contribution in [0.2, 0.25) is 0 Å². The van der Waals surface area contributed by atoms with Crippen LogP contribution < -0.4 is 4.90 Å². The van der Waals surface area contributed by atoms with Gasteiger partial charge in [-0.25, -0.2) is 0 Å². The molecule has 1 nitrogen and oxygen atoms in total. The highest BCUT2D eigenvalue weighted by atomic mass is 32.1. The van der Waals surface area contributed by atoms with Crippen molar-refractivity contribution in [3.8, 4) is 31.3 Å². The van der Waals surface area contributed by atoms with Crippen molar-refractivity contribution >= 4 is 51.1 Å². The Labute approximate surface area is 266 Å². The summed E-state index contributed by atoms with van der Waals surface area (Å²) in [5.74, 6) is 0. The second-order valence-corrected chi connectivity index (χ2v) is 16.7. The minimum absolute atomic E-state index is 0.163. The summed E-state index contributed by atoms with van der Waals surface area (Å²) in [6.45, 7) is 14.7. The van der Waals surface area contributed by atoms with Gasteiger partial charge in [-0.3, -0.25) is 0 Å². The molecule has 3 aromatic heterocycles. The number of benzene rings is 3. The highest BCUT2D eigenvalue weighted by Gasteiger charge is 2.52. The Hall–Kier alpha value is -3.44. The van der Waals surface area contributed by atoms with Gasteiger partial charge in [-0.05, 0) is 121 Å². The molecule has 0 radical (unpaired) electrons. The van der Waals surface area contributed by atoms with Crippen LogP contribution >= 0.6 is 34.0 Å². The van der Waals surface area contributed by atoms with Crippen molar-refractivity contribution in [1.29, 1.82) is 0 Å². The largest absolute Gasteiger partial charge is 0.309 e. The van der Waals surface area contributed by atoms with Gasteiger partial charge in [0.15, 0.2) is 0 Å². The Morgan fingerprint density at radius 1 is 0.419 bits per heavy atom. The van der Waals surface area contributed by atoms with E-state index >= 15 is 0 Å². The summed E-state index contributed by atoms with van der Waals surface area (Å²) < 4.78 is 0. The molecule has 0 spiro atoms. The van der Waals surface area contributed by atoms with Crippen molar-refractivity contribution in [2.24, 2.45) is 0 Å². The molecule has 0 bridgehead atoms. The van der Waals surface area contributed by atoms with Crippen molar-refractivity contribution in [3.63, 3.8) is 0 Å². The van der Waals surface area contributed by atoms with E-state index in [0.717, 1.165) is 0 Å². The van der Waals surface area contributed by atoms with Crippen LogP contribution in [0, 0.1) is 0 Å². The lowest BCUT2D eigenvalue weighted by Crippen LogP contribution is -2.43. The third-order valence-electron chi connectivity index (χ3n) is 10.5. The van der Waals surface area contributed by atoms with Crippen LogP contribution in [0.15, 0.2) is 88.9 Å². The molecule has 3 aliphatic rings. The van der Waals surface area contributed by atoms with Crippen molar-refractivity contribution in [1.82, 2.24) is 0 Å². The highest BCUT2D eigenvalue weighted by molar-refractivity contribution is 7.14. The summed E-state index contributed by atoms with van der Waals surface area (Å²) in [5.41, 5.74) is 16.3. The molecule has 0 amide bonds. The van der Waals surface area contributed by atoms with Gasteiger partial charge >= 0.3 is 0 Å². The third-order valence-corrected chi connectivity index (χ3v) is 13.2. The standard InChI is InChI=1S/C39H33NS3/c1-37(2)25-16-22(31-10-7-13-41-31)18-27-34(25)40-35-26(37)17-23(32-11-8-14-42-32)19-28(35)39(5,6)30-21-24(33-12-9-15-43-33)20-29(36(30)40)38(27,3)4/h7-21H,1-6H3. The third kappa shape index (κ3) is 3.27. The summed E-state index contributed by atoms with van der Waals surface area (Å²) in [6.07, 6.45) is 0. The minimum atomic E-state index is -0.163. The van der Waals surface area contributed by atoms with E-state index in [-0.39, 0.29) is 16.2 Å². The van der Waals surface area contributed by atoms with Crippen LogP contribution in [0.25, 0.3) is 31.3 Å². The topological polar surface area (TPSA) is 3.24 Å². The van der Waals surface area contributed by atoms with E-state index < -0.39 is 0 Å². The molecule has 212 valence electrons. The van der Waals surface area contributed by atoms with Crippen LogP contribution in [0.3, 0.4) is 0 Å². The number of hydrogen-bond donors (Lipinski definition) is 0. The van der Waals surface area contributed by atoms with Gasteiger partial charge in [-0.2, -0.15) is 0 Å². The molecule has 3 aromatic carbocycles. The fourth-order valence-corrected chi connectivity index (χ4v) is 10.2. The van der Waals surface area contributed by atoms with Gasteiger partial charge in [0.05, 0.1) is 17.1 Å². The Morgan fingerprint density at radius 3 is 0.884 bits per heavy atom. The first kappa shape index (κ1) is 26.0. The molecule has 6 heterocycles. The average Bonchev–Trinajstić information content (AvgIpc) is 3.79. The van der Waals surface area contributed by atoms with E-state index in [2.05, 4.69) is 135 Å². The number of rotatable bonds is 3. The fourth-order valence-electron chi connectivity index (χ4n) is 8.01. The van der Waals surface area contributed by atoms with Gasteiger partial charge in [-0.1, -0.05) is 59.7 Å². The molecule has 9 rings (SSSR count). The zero-order chi connectivity index (χ0) is 29.5. The minimum Gasteiger partial charge on any atom is -0.309 e. The molecule has 6 aromatic rings. The van der Waals surface area contributed by atoms with Crippen molar-refractivity contribution in [2.75, 3.05) is 4.90 Å². The smallest absolute Gasteiger partial charge is 0.0544 e. The molecule has 3 aliphatic heterocycles. The number of thiophene rings is 3. The molecular weight excluding hydrogens is 579 g/mol. The Morgan fingerprint density at radius 2 is 0.674 bits per heavy atom. The summed E-state index contributed by atoms with van der Waals surface area (Å²) in [5, 5.41) is 6.60. The maximum absolute atomic E-state index is 2.69. The van der Waals surface area contributed by atoms with E-state index in [1.54, 1.807) is 0 Å². The molecule has 0 atom stereocenters. The summed E-state index contributed by atoms with van der Waals surface area (Å²) in [7, 11) is 0. The molecular formula is C39H33NS3. The zero-order valence-electron chi connectivity index (χ0n) is 25.3.